The Hall–Kier alpha value is -3.36. The number of para-hydroxylation sites is 1. The molecule has 8 heteroatoms. The molecule has 1 N–H and O–H groups in total. The van der Waals surface area contributed by atoms with E-state index < -0.39 is 10.0 Å². The van der Waals surface area contributed by atoms with E-state index in [1.807, 2.05) is 31.2 Å². The molecule has 0 spiro atoms. The van der Waals surface area contributed by atoms with Crippen molar-refractivity contribution in [1.29, 1.82) is 0 Å². The van der Waals surface area contributed by atoms with Gasteiger partial charge in [-0.3, -0.25) is 4.79 Å². The van der Waals surface area contributed by atoms with Crippen molar-refractivity contribution in [2.75, 3.05) is 25.5 Å². The summed E-state index contributed by atoms with van der Waals surface area (Å²) in [6.07, 6.45) is 0.967. The number of amides is 1. The summed E-state index contributed by atoms with van der Waals surface area (Å²) in [6, 6.07) is 19.2. The molecule has 0 aliphatic carbocycles. The Morgan fingerprint density at radius 1 is 1.00 bits per heavy atom. The number of ether oxygens (including phenoxy) is 1. The molecule has 5 rings (SSSR count). The number of benzene rings is 3. The van der Waals surface area contributed by atoms with Crippen molar-refractivity contribution in [2.24, 2.45) is 5.92 Å². The van der Waals surface area contributed by atoms with Gasteiger partial charge in [0.2, 0.25) is 15.9 Å². The number of aromatic nitrogens is 1. The van der Waals surface area contributed by atoms with Gasteiger partial charge in [-0.05, 0) is 74.7 Å². The van der Waals surface area contributed by atoms with Crippen LogP contribution < -0.4 is 10.1 Å². The van der Waals surface area contributed by atoms with Crippen LogP contribution in [0.5, 0.6) is 5.75 Å². The van der Waals surface area contributed by atoms with Crippen LogP contribution in [0.1, 0.15) is 25.3 Å². The molecule has 0 bridgehead atoms. The topological polar surface area (TPSA) is 80.6 Å². The van der Waals surface area contributed by atoms with Crippen LogP contribution in [-0.4, -0.2) is 43.4 Å². The zero-order valence-electron chi connectivity index (χ0n) is 20.8. The third kappa shape index (κ3) is 4.24. The van der Waals surface area contributed by atoms with Gasteiger partial charge in [-0.1, -0.05) is 18.2 Å². The third-order valence-electron chi connectivity index (χ3n) is 7.18. The molecule has 0 unspecified atom stereocenters. The van der Waals surface area contributed by atoms with Crippen molar-refractivity contribution in [3.8, 4) is 5.75 Å². The van der Waals surface area contributed by atoms with Crippen LogP contribution >= 0.6 is 0 Å². The first-order valence-corrected chi connectivity index (χ1v) is 13.7. The van der Waals surface area contributed by atoms with Gasteiger partial charge < -0.3 is 14.6 Å². The number of hydrogen-bond donors (Lipinski definition) is 1. The van der Waals surface area contributed by atoms with Crippen molar-refractivity contribution < 1.29 is 17.9 Å². The Morgan fingerprint density at radius 2 is 1.72 bits per heavy atom. The number of piperidine rings is 1. The van der Waals surface area contributed by atoms with Crippen LogP contribution in [0.3, 0.4) is 0 Å². The second-order valence-electron chi connectivity index (χ2n) is 9.29. The van der Waals surface area contributed by atoms with Crippen LogP contribution in [0.4, 0.5) is 5.69 Å². The third-order valence-corrected chi connectivity index (χ3v) is 9.08. The standard InChI is InChI=1S/C28H31N3O4S/c1-4-31-25-8-6-5-7-23(25)24-18-21(9-11-26(24)31)29-28(32)20-13-15-30(16-14-20)36(33,34)22-10-12-27(35-3)19(2)17-22/h5-12,17-18,20H,4,13-16H2,1-3H3,(H,29,32). The van der Waals surface area contributed by atoms with Crippen LogP contribution in [0.25, 0.3) is 21.8 Å². The van der Waals surface area contributed by atoms with Gasteiger partial charge >= 0.3 is 0 Å². The Morgan fingerprint density at radius 3 is 2.42 bits per heavy atom. The molecule has 188 valence electrons. The molecule has 3 aromatic carbocycles. The molecule has 2 heterocycles. The average molecular weight is 506 g/mol. The lowest BCUT2D eigenvalue weighted by Gasteiger charge is -2.30. The second kappa shape index (κ2) is 9.59. The van der Waals surface area contributed by atoms with E-state index in [0.717, 1.165) is 34.1 Å². The Bertz CT molecular complexity index is 1550. The number of carbonyl (C=O) groups is 1. The second-order valence-corrected chi connectivity index (χ2v) is 11.2. The van der Waals surface area contributed by atoms with Gasteiger partial charge in [0.1, 0.15) is 5.75 Å². The lowest BCUT2D eigenvalue weighted by Crippen LogP contribution is -2.41. The van der Waals surface area contributed by atoms with Crippen LogP contribution in [-0.2, 0) is 21.4 Å². The van der Waals surface area contributed by atoms with Crippen molar-refractivity contribution in [1.82, 2.24) is 8.87 Å². The summed E-state index contributed by atoms with van der Waals surface area (Å²) < 4.78 is 35.3. The smallest absolute Gasteiger partial charge is 0.243 e. The molecule has 1 aromatic heterocycles. The van der Waals surface area contributed by atoms with E-state index in [-0.39, 0.29) is 16.7 Å². The number of rotatable bonds is 6. The maximum atomic E-state index is 13.1. The minimum absolute atomic E-state index is 0.0640. The first-order chi connectivity index (χ1) is 17.3. The number of nitrogens with one attached hydrogen (secondary N) is 1. The largest absolute Gasteiger partial charge is 0.496 e. The maximum Gasteiger partial charge on any atom is 0.243 e. The van der Waals surface area contributed by atoms with Crippen LogP contribution in [0.15, 0.2) is 65.6 Å². The molecular formula is C28H31N3O4S. The highest BCUT2D eigenvalue weighted by atomic mass is 32.2. The number of carbonyl (C=O) groups excluding carboxylic acids is 1. The predicted octanol–water partition coefficient (Wildman–Crippen LogP) is 5.17. The van der Waals surface area contributed by atoms with Gasteiger partial charge in [0.25, 0.3) is 0 Å². The zero-order chi connectivity index (χ0) is 25.4. The van der Waals surface area contributed by atoms with E-state index in [1.54, 1.807) is 25.3 Å². The Balaban J connectivity index is 1.28. The molecule has 1 aliphatic rings. The molecule has 1 saturated heterocycles. The molecule has 0 atom stereocenters. The van der Waals surface area contributed by atoms with Crippen molar-refractivity contribution in [2.45, 2.75) is 38.1 Å². The van der Waals surface area contributed by atoms with Gasteiger partial charge in [-0.25, -0.2) is 8.42 Å². The van der Waals surface area contributed by atoms with E-state index in [9.17, 15) is 13.2 Å². The minimum atomic E-state index is -3.62. The lowest BCUT2D eigenvalue weighted by molar-refractivity contribution is -0.120. The van der Waals surface area contributed by atoms with E-state index in [2.05, 4.69) is 35.0 Å². The van der Waals surface area contributed by atoms with Crippen LogP contribution in [0.2, 0.25) is 0 Å². The van der Waals surface area contributed by atoms with Crippen molar-refractivity contribution in [3.63, 3.8) is 0 Å². The maximum absolute atomic E-state index is 13.1. The quantitative estimate of drug-likeness (QED) is 0.392. The lowest BCUT2D eigenvalue weighted by atomic mass is 9.97. The van der Waals surface area contributed by atoms with Gasteiger partial charge in [-0.2, -0.15) is 4.31 Å². The number of nitrogens with zero attached hydrogens (tertiary/aromatic N) is 2. The Kier molecular flexibility index (Phi) is 6.49. The summed E-state index contributed by atoms with van der Waals surface area (Å²) in [4.78, 5) is 13.3. The first-order valence-electron chi connectivity index (χ1n) is 12.3. The van der Waals surface area contributed by atoms with Crippen molar-refractivity contribution >= 4 is 43.4 Å². The van der Waals surface area contributed by atoms with Gasteiger partial charge in [-0.15, -0.1) is 0 Å². The van der Waals surface area contributed by atoms with E-state index in [0.29, 0.717) is 31.7 Å². The first kappa shape index (κ1) is 24.3. The highest BCUT2D eigenvalue weighted by Gasteiger charge is 2.32. The van der Waals surface area contributed by atoms with E-state index in [4.69, 9.17) is 4.74 Å². The normalized spacial score (nSPS) is 15.4. The molecule has 0 saturated carbocycles. The van der Waals surface area contributed by atoms with E-state index >= 15 is 0 Å². The highest BCUT2D eigenvalue weighted by molar-refractivity contribution is 7.89. The number of methoxy groups -OCH3 is 1. The number of hydrogen-bond acceptors (Lipinski definition) is 4. The molecule has 0 radical (unpaired) electrons. The fraction of sp³-hybridized carbons (Fsp3) is 0.321. The molecule has 36 heavy (non-hydrogen) atoms. The summed E-state index contributed by atoms with van der Waals surface area (Å²) >= 11 is 0. The molecular weight excluding hydrogens is 474 g/mol. The molecule has 7 nitrogen and oxygen atoms in total. The summed E-state index contributed by atoms with van der Waals surface area (Å²) in [6.45, 7) is 5.45. The monoisotopic (exact) mass is 505 g/mol. The number of anilines is 1. The summed E-state index contributed by atoms with van der Waals surface area (Å²) in [5, 5.41) is 5.35. The average Bonchev–Trinajstić information content (AvgIpc) is 3.21. The summed E-state index contributed by atoms with van der Waals surface area (Å²) in [5.41, 5.74) is 3.85. The predicted molar refractivity (Wildman–Crippen MR) is 143 cm³/mol. The van der Waals surface area contributed by atoms with Crippen LogP contribution in [0, 0.1) is 12.8 Å². The summed E-state index contributed by atoms with van der Waals surface area (Å²) in [5.74, 6) is 0.356. The fourth-order valence-corrected chi connectivity index (χ4v) is 6.79. The SMILES string of the molecule is CCn1c2ccccc2c2cc(NC(=O)C3CCN(S(=O)(=O)c4ccc(OC)c(C)c4)CC3)ccc21. The van der Waals surface area contributed by atoms with Crippen molar-refractivity contribution in [3.05, 3.63) is 66.2 Å². The number of aryl methyl sites for hydroxylation is 2. The van der Waals surface area contributed by atoms with Gasteiger partial charge in [0.05, 0.1) is 12.0 Å². The molecule has 1 aliphatic heterocycles. The fourth-order valence-electron chi connectivity index (χ4n) is 5.24. The molecule has 1 fully saturated rings. The summed E-state index contributed by atoms with van der Waals surface area (Å²) in [7, 11) is -2.06. The number of sulfonamides is 1. The van der Waals surface area contributed by atoms with E-state index in [1.165, 1.54) is 9.82 Å². The highest BCUT2D eigenvalue weighted by Crippen LogP contribution is 2.32. The minimum Gasteiger partial charge on any atom is -0.496 e. The number of fused-ring (bicyclic) bond motifs is 3. The van der Waals surface area contributed by atoms with Gasteiger partial charge in [0.15, 0.2) is 0 Å². The molecule has 1 amide bonds. The zero-order valence-corrected chi connectivity index (χ0v) is 21.6. The molecule has 4 aromatic rings. The Labute approximate surface area is 211 Å². The van der Waals surface area contributed by atoms with Gasteiger partial charge in [0, 0.05) is 53.0 Å².